The highest BCUT2D eigenvalue weighted by molar-refractivity contribution is 7.10. The summed E-state index contributed by atoms with van der Waals surface area (Å²) in [6, 6.07) is 17.4. The number of hydrogen-bond donors (Lipinski definition) is 3. The fraction of sp³-hybridized carbons (Fsp3) is 0.0455. The van der Waals surface area contributed by atoms with Crippen molar-refractivity contribution in [3.63, 3.8) is 0 Å². The van der Waals surface area contributed by atoms with Gasteiger partial charge in [0, 0.05) is 16.0 Å². The summed E-state index contributed by atoms with van der Waals surface area (Å²) in [5, 5.41) is 18.3. The van der Waals surface area contributed by atoms with E-state index in [4.69, 9.17) is 0 Å². The van der Waals surface area contributed by atoms with Crippen molar-refractivity contribution in [2.45, 2.75) is 6.92 Å². The molecule has 0 saturated heterocycles. The molecule has 1 heterocycles. The summed E-state index contributed by atoms with van der Waals surface area (Å²) in [5.41, 5.74) is 4.31. The molecule has 29 heavy (non-hydrogen) atoms. The molecule has 0 radical (unpaired) electrons. The monoisotopic (exact) mass is 405 g/mol. The Morgan fingerprint density at radius 3 is 2.59 bits per heavy atom. The zero-order valence-electron chi connectivity index (χ0n) is 15.6. The van der Waals surface area contributed by atoms with Gasteiger partial charge >= 0.3 is 0 Å². The molecular weight excluding hydrogens is 386 g/mol. The predicted molar refractivity (Wildman–Crippen MR) is 115 cm³/mol. The molecule has 3 aromatic rings. The van der Waals surface area contributed by atoms with Crippen LogP contribution in [0.2, 0.25) is 0 Å². The largest absolute Gasteiger partial charge is 0.507 e. The average molecular weight is 405 g/mol. The predicted octanol–water partition coefficient (Wildman–Crippen LogP) is 3.68. The summed E-state index contributed by atoms with van der Waals surface area (Å²) < 4.78 is 0. The van der Waals surface area contributed by atoms with E-state index in [0.29, 0.717) is 11.1 Å². The number of benzene rings is 2. The van der Waals surface area contributed by atoms with Crippen LogP contribution in [0.3, 0.4) is 0 Å². The molecule has 0 aliphatic carbocycles. The van der Waals surface area contributed by atoms with Gasteiger partial charge in [-0.15, -0.1) is 11.3 Å². The molecule has 0 bridgehead atoms. The van der Waals surface area contributed by atoms with E-state index in [0.717, 1.165) is 10.4 Å². The van der Waals surface area contributed by atoms with Crippen molar-refractivity contribution < 1.29 is 14.7 Å². The summed E-state index contributed by atoms with van der Waals surface area (Å²) in [6.07, 6.45) is 2.93. The van der Waals surface area contributed by atoms with Crippen molar-refractivity contribution in [3.8, 4) is 5.75 Å². The minimum absolute atomic E-state index is 0.0559. The lowest BCUT2D eigenvalue weighted by atomic mass is 10.1. The number of nitrogens with zero attached hydrogens (tertiary/aromatic N) is 1. The van der Waals surface area contributed by atoms with Gasteiger partial charge in [-0.2, -0.15) is 5.10 Å². The van der Waals surface area contributed by atoms with E-state index >= 15 is 0 Å². The molecule has 3 rings (SSSR count). The van der Waals surface area contributed by atoms with E-state index in [9.17, 15) is 14.7 Å². The van der Waals surface area contributed by atoms with Crippen LogP contribution in [0.4, 0.5) is 0 Å². The highest BCUT2D eigenvalue weighted by Crippen LogP contribution is 2.16. The third kappa shape index (κ3) is 5.63. The van der Waals surface area contributed by atoms with Crippen LogP contribution in [0.1, 0.15) is 26.4 Å². The Bertz CT molecular complexity index is 1060. The van der Waals surface area contributed by atoms with Crippen LogP contribution in [0.5, 0.6) is 5.75 Å². The maximum atomic E-state index is 12.6. The van der Waals surface area contributed by atoms with Gasteiger partial charge in [-0.3, -0.25) is 9.59 Å². The molecule has 146 valence electrons. The van der Waals surface area contributed by atoms with Gasteiger partial charge in [0.1, 0.15) is 11.4 Å². The van der Waals surface area contributed by atoms with E-state index in [1.807, 2.05) is 24.4 Å². The van der Waals surface area contributed by atoms with Crippen LogP contribution in [0, 0.1) is 6.92 Å². The van der Waals surface area contributed by atoms with Crippen LogP contribution < -0.4 is 10.7 Å². The number of rotatable bonds is 6. The molecule has 0 spiro atoms. The number of aryl methyl sites for hydroxylation is 1. The van der Waals surface area contributed by atoms with Crippen molar-refractivity contribution in [1.82, 2.24) is 10.7 Å². The van der Waals surface area contributed by atoms with Gasteiger partial charge in [0.05, 0.1) is 6.21 Å². The first-order chi connectivity index (χ1) is 14.0. The molecule has 0 aliphatic rings. The Morgan fingerprint density at radius 1 is 1.07 bits per heavy atom. The fourth-order valence-corrected chi connectivity index (χ4v) is 3.11. The molecule has 6 nitrogen and oxygen atoms in total. The Balaban J connectivity index is 1.77. The first kappa shape index (κ1) is 20.0. The van der Waals surface area contributed by atoms with Crippen LogP contribution >= 0.6 is 11.3 Å². The highest BCUT2D eigenvalue weighted by Gasteiger charge is 2.14. The lowest BCUT2D eigenvalue weighted by Crippen LogP contribution is -2.32. The third-order valence-electron chi connectivity index (χ3n) is 3.91. The molecule has 7 heteroatoms. The molecule has 2 amide bonds. The van der Waals surface area contributed by atoms with Gasteiger partial charge in [0.2, 0.25) is 0 Å². The van der Waals surface area contributed by atoms with Crippen LogP contribution in [0.25, 0.3) is 6.08 Å². The third-order valence-corrected chi connectivity index (χ3v) is 4.73. The molecule has 3 N–H and O–H groups in total. The van der Waals surface area contributed by atoms with Gasteiger partial charge in [-0.25, -0.2) is 5.43 Å². The minimum atomic E-state index is -0.578. The van der Waals surface area contributed by atoms with Crippen molar-refractivity contribution in [3.05, 3.63) is 93.3 Å². The first-order valence-electron chi connectivity index (χ1n) is 8.77. The van der Waals surface area contributed by atoms with Crippen molar-refractivity contribution in [2.75, 3.05) is 0 Å². The Kier molecular flexibility index (Phi) is 6.55. The number of thiophene rings is 1. The molecule has 1 aromatic heterocycles. The number of amides is 2. The number of carbonyl (C=O) groups is 2. The first-order valence-corrected chi connectivity index (χ1v) is 9.65. The molecular formula is C22H19N3O3S. The highest BCUT2D eigenvalue weighted by atomic mass is 32.1. The number of aromatic hydroxyl groups is 1. The topological polar surface area (TPSA) is 90.8 Å². The van der Waals surface area contributed by atoms with Crippen molar-refractivity contribution >= 4 is 35.4 Å². The Hall–Kier alpha value is -3.71. The second kappa shape index (κ2) is 9.48. The molecule has 0 unspecified atom stereocenters. The summed E-state index contributed by atoms with van der Waals surface area (Å²) >= 11 is 1.44. The Labute approximate surface area is 172 Å². The maximum absolute atomic E-state index is 12.6. The van der Waals surface area contributed by atoms with Crippen LogP contribution in [-0.2, 0) is 4.79 Å². The lowest BCUT2D eigenvalue weighted by molar-refractivity contribution is -0.117. The summed E-state index contributed by atoms with van der Waals surface area (Å²) in [7, 11) is 0. The number of hydrazone groups is 1. The standard InChI is InChI=1S/C22H19N3O3S/c1-15-9-10-20(26)17(12-15)14-23-25-22(28)19(13-18-8-5-11-29-18)24-21(27)16-6-3-2-4-7-16/h2-14,26H,1H3,(H,24,27)(H,25,28)/b19-13+,23-14+. The smallest absolute Gasteiger partial charge is 0.287 e. The summed E-state index contributed by atoms with van der Waals surface area (Å²) in [6.45, 7) is 1.89. The molecule has 2 aromatic carbocycles. The van der Waals surface area contributed by atoms with Gasteiger partial charge < -0.3 is 10.4 Å². The second-order valence-electron chi connectivity index (χ2n) is 6.15. The molecule has 0 saturated carbocycles. The summed E-state index contributed by atoms with van der Waals surface area (Å²) in [5.74, 6) is -0.921. The van der Waals surface area contributed by atoms with E-state index in [1.165, 1.54) is 17.6 Å². The average Bonchev–Trinajstić information content (AvgIpc) is 3.23. The fourth-order valence-electron chi connectivity index (χ4n) is 2.46. The van der Waals surface area contributed by atoms with E-state index in [-0.39, 0.29) is 11.4 Å². The molecule has 0 atom stereocenters. The lowest BCUT2D eigenvalue weighted by Gasteiger charge is -2.08. The maximum Gasteiger partial charge on any atom is 0.287 e. The molecule has 0 fully saturated rings. The van der Waals surface area contributed by atoms with Crippen LogP contribution in [-0.4, -0.2) is 23.1 Å². The number of phenols is 1. The minimum Gasteiger partial charge on any atom is -0.507 e. The number of carbonyl (C=O) groups excluding carboxylic acids is 2. The zero-order valence-corrected chi connectivity index (χ0v) is 16.4. The quantitative estimate of drug-likeness (QED) is 0.332. The number of nitrogens with one attached hydrogen (secondary N) is 2. The van der Waals surface area contributed by atoms with Gasteiger partial charge in [0.15, 0.2) is 0 Å². The zero-order chi connectivity index (χ0) is 20.6. The van der Waals surface area contributed by atoms with Gasteiger partial charge in [-0.05, 0) is 48.7 Å². The van der Waals surface area contributed by atoms with E-state index in [2.05, 4.69) is 15.8 Å². The van der Waals surface area contributed by atoms with Crippen molar-refractivity contribution in [1.29, 1.82) is 0 Å². The second-order valence-corrected chi connectivity index (χ2v) is 7.13. The van der Waals surface area contributed by atoms with Gasteiger partial charge in [0.25, 0.3) is 11.8 Å². The van der Waals surface area contributed by atoms with Crippen LogP contribution in [0.15, 0.2) is 76.8 Å². The number of hydrogen-bond acceptors (Lipinski definition) is 5. The summed E-state index contributed by atoms with van der Waals surface area (Å²) in [4.78, 5) is 25.9. The van der Waals surface area contributed by atoms with E-state index in [1.54, 1.807) is 54.6 Å². The molecule has 0 aliphatic heterocycles. The normalized spacial score (nSPS) is 11.4. The van der Waals surface area contributed by atoms with Gasteiger partial charge in [-0.1, -0.05) is 35.9 Å². The Morgan fingerprint density at radius 2 is 1.86 bits per heavy atom. The van der Waals surface area contributed by atoms with Crippen molar-refractivity contribution in [2.24, 2.45) is 5.10 Å². The van der Waals surface area contributed by atoms with E-state index < -0.39 is 11.8 Å². The number of phenolic OH excluding ortho intramolecular Hbond substituents is 1. The SMILES string of the molecule is Cc1ccc(O)c(/C=N/NC(=O)/C(=C\c2cccs2)NC(=O)c2ccccc2)c1.